The fourth-order valence-electron chi connectivity index (χ4n) is 2.97. The van der Waals surface area contributed by atoms with Crippen LogP contribution in [-0.2, 0) is 4.79 Å². The van der Waals surface area contributed by atoms with Gasteiger partial charge in [-0.1, -0.05) is 42.6 Å². The van der Waals surface area contributed by atoms with E-state index in [4.69, 9.17) is 0 Å². The number of aliphatic carboxylic acids is 1. The first-order chi connectivity index (χ1) is 8.87. The fourth-order valence-corrected chi connectivity index (χ4v) is 3.23. The van der Waals surface area contributed by atoms with Gasteiger partial charge in [0, 0.05) is 10.2 Å². The number of hydrogen-bond donors (Lipinski definition) is 2. The summed E-state index contributed by atoms with van der Waals surface area (Å²) in [4.78, 5) is 11.9. The maximum atomic E-state index is 11.9. The molecule has 0 bridgehead atoms. The predicted octanol–water partition coefficient (Wildman–Crippen LogP) is 4.28. The van der Waals surface area contributed by atoms with Gasteiger partial charge >= 0.3 is 5.97 Å². The highest BCUT2D eigenvalue weighted by molar-refractivity contribution is 9.10. The minimum absolute atomic E-state index is 0.260. The number of anilines is 1. The Morgan fingerprint density at radius 3 is 2.32 bits per heavy atom. The third-order valence-electron chi connectivity index (χ3n) is 4.33. The summed E-state index contributed by atoms with van der Waals surface area (Å²) in [5.41, 5.74) is -0.274. The van der Waals surface area contributed by atoms with Crippen LogP contribution in [0.1, 0.15) is 39.5 Å². The second-order valence-corrected chi connectivity index (χ2v) is 6.85. The van der Waals surface area contributed by atoms with E-state index < -0.39 is 11.5 Å². The molecule has 2 N–H and O–H groups in total. The Bertz CT molecular complexity index is 470. The van der Waals surface area contributed by atoms with Crippen LogP contribution in [0.3, 0.4) is 0 Å². The number of rotatable bonds is 3. The van der Waals surface area contributed by atoms with Crippen LogP contribution in [0, 0.1) is 5.41 Å². The minimum Gasteiger partial charge on any atom is -0.479 e. The normalized spacial score (nSPS) is 25.8. The number of nitrogens with one attached hydrogen (secondary N) is 1. The summed E-state index contributed by atoms with van der Waals surface area (Å²) in [5, 5.41) is 13.1. The lowest BCUT2D eigenvalue weighted by Gasteiger charge is -2.48. The number of carbonyl (C=O) groups is 1. The molecule has 1 aromatic rings. The largest absolute Gasteiger partial charge is 0.479 e. The number of hydrogen-bond acceptors (Lipinski definition) is 2. The Hall–Kier alpha value is -1.03. The van der Waals surface area contributed by atoms with Gasteiger partial charge in [-0.25, -0.2) is 4.79 Å². The van der Waals surface area contributed by atoms with E-state index in [0.29, 0.717) is 6.42 Å². The zero-order valence-electron chi connectivity index (χ0n) is 11.4. The Balaban J connectivity index is 2.34. The van der Waals surface area contributed by atoms with Gasteiger partial charge in [0.25, 0.3) is 0 Å². The summed E-state index contributed by atoms with van der Waals surface area (Å²) in [6.45, 7) is 4.10. The topological polar surface area (TPSA) is 49.3 Å². The molecule has 104 valence electrons. The molecule has 2 rings (SSSR count). The first kappa shape index (κ1) is 14.4. The molecule has 1 aromatic carbocycles. The van der Waals surface area contributed by atoms with E-state index in [1.807, 2.05) is 38.1 Å². The smallest absolute Gasteiger partial charge is 0.329 e. The molecule has 0 heterocycles. The van der Waals surface area contributed by atoms with Crippen LogP contribution >= 0.6 is 15.9 Å². The van der Waals surface area contributed by atoms with Crippen molar-refractivity contribution in [1.82, 2.24) is 0 Å². The zero-order chi connectivity index (χ0) is 14.1. The third kappa shape index (κ3) is 2.64. The van der Waals surface area contributed by atoms with Gasteiger partial charge in [0.2, 0.25) is 0 Å². The lowest BCUT2D eigenvalue weighted by molar-refractivity contribution is -0.148. The molecule has 1 unspecified atom stereocenters. The van der Waals surface area contributed by atoms with Crippen LogP contribution in [0.5, 0.6) is 0 Å². The van der Waals surface area contributed by atoms with E-state index in [2.05, 4.69) is 21.2 Å². The Morgan fingerprint density at radius 2 is 1.79 bits per heavy atom. The summed E-state index contributed by atoms with van der Waals surface area (Å²) < 4.78 is 0.991. The Morgan fingerprint density at radius 1 is 1.21 bits per heavy atom. The lowest BCUT2D eigenvalue weighted by Crippen LogP contribution is -2.58. The molecule has 0 spiro atoms. The van der Waals surface area contributed by atoms with Crippen molar-refractivity contribution >= 4 is 27.6 Å². The number of halogens is 1. The van der Waals surface area contributed by atoms with Crippen LogP contribution in [0.2, 0.25) is 0 Å². The van der Waals surface area contributed by atoms with Crippen molar-refractivity contribution in [2.24, 2.45) is 5.41 Å². The second-order valence-electron chi connectivity index (χ2n) is 5.93. The summed E-state index contributed by atoms with van der Waals surface area (Å²) in [6.07, 6.45) is 3.66. The summed E-state index contributed by atoms with van der Waals surface area (Å²) in [7, 11) is 0. The highest BCUT2D eigenvalue weighted by Crippen LogP contribution is 2.46. The van der Waals surface area contributed by atoms with Gasteiger partial charge in [-0.3, -0.25) is 0 Å². The Kier molecular flexibility index (Phi) is 3.90. The van der Waals surface area contributed by atoms with Crippen molar-refractivity contribution in [3.63, 3.8) is 0 Å². The molecule has 3 nitrogen and oxygen atoms in total. The molecule has 19 heavy (non-hydrogen) atoms. The molecule has 1 fully saturated rings. The second kappa shape index (κ2) is 5.16. The monoisotopic (exact) mass is 325 g/mol. The van der Waals surface area contributed by atoms with Crippen molar-refractivity contribution < 1.29 is 9.90 Å². The van der Waals surface area contributed by atoms with Crippen LogP contribution in [0.15, 0.2) is 28.7 Å². The summed E-state index contributed by atoms with van der Waals surface area (Å²) >= 11 is 3.39. The standard InChI is InChI=1S/C15H20BrNO2/c1-14(2)9-3-4-10-15(14,13(18)19)17-12-7-5-11(16)6-8-12/h5-8,17H,3-4,9-10H2,1-2H3,(H,18,19). The summed E-state index contributed by atoms with van der Waals surface area (Å²) in [5.74, 6) is -0.750. The molecule has 0 radical (unpaired) electrons. The predicted molar refractivity (Wildman–Crippen MR) is 80.4 cm³/mol. The van der Waals surface area contributed by atoms with E-state index in [9.17, 15) is 9.90 Å². The van der Waals surface area contributed by atoms with E-state index in [-0.39, 0.29) is 5.41 Å². The van der Waals surface area contributed by atoms with Gasteiger partial charge in [0.15, 0.2) is 0 Å². The molecule has 1 aliphatic carbocycles. The quantitative estimate of drug-likeness (QED) is 0.871. The van der Waals surface area contributed by atoms with Gasteiger partial charge in [0.05, 0.1) is 0 Å². The van der Waals surface area contributed by atoms with Crippen LogP contribution in [0.25, 0.3) is 0 Å². The fraction of sp³-hybridized carbons (Fsp3) is 0.533. The molecular weight excluding hydrogens is 306 g/mol. The molecule has 1 atom stereocenters. The molecule has 1 aliphatic rings. The number of carboxylic acids is 1. The molecule has 4 heteroatoms. The average Bonchev–Trinajstić information content (AvgIpc) is 2.34. The highest BCUT2D eigenvalue weighted by atomic mass is 79.9. The van der Waals surface area contributed by atoms with Gasteiger partial charge < -0.3 is 10.4 Å². The number of benzene rings is 1. The lowest BCUT2D eigenvalue weighted by atomic mass is 9.63. The van der Waals surface area contributed by atoms with E-state index in [1.165, 1.54) is 0 Å². The first-order valence-corrected chi connectivity index (χ1v) is 7.44. The van der Waals surface area contributed by atoms with Crippen molar-refractivity contribution in [3.8, 4) is 0 Å². The summed E-state index contributed by atoms with van der Waals surface area (Å²) in [6, 6.07) is 7.68. The first-order valence-electron chi connectivity index (χ1n) is 6.65. The SMILES string of the molecule is CC1(C)CCCCC1(Nc1ccc(Br)cc1)C(=O)O. The van der Waals surface area contributed by atoms with E-state index >= 15 is 0 Å². The van der Waals surface area contributed by atoms with Crippen LogP contribution in [0.4, 0.5) is 5.69 Å². The average molecular weight is 326 g/mol. The van der Waals surface area contributed by atoms with Crippen molar-refractivity contribution in [2.75, 3.05) is 5.32 Å². The minimum atomic E-state index is -0.876. The van der Waals surface area contributed by atoms with E-state index in [1.54, 1.807) is 0 Å². The van der Waals surface area contributed by atoms with Crippen molar-refractivity contribution in [1.29, 1.82) is 0 Å². The van der Waals surface area contributed by atoms with Gasteiger partial charge in [-0.15, -0.1) is 0 Å². The highest BCUT2D eigenvalue weighted by Gasteiger charge is 2.52. The molecular formula is C15H20BrNO2. The van der Waals surface area contributed by atoms with Gasteiger partial charge in [-0.2, -0.15) is 0 Å². The van der Waals surface area contributed by atoms with Gasteiger partial charge in [0.1, 0.15) is 5.54 Å². The molecule has 1 saturated carbocycles. The van der Waals surface area contributed by atoms with Crippen molar-refractivity contribution in [2.45, 2.75) is 45.1 Å². The zero-order valence-corrected chi connectivity index (χ0v) is 13.0. The van der Waals surface area contributed by atoms with E-state index in [0.717, 1.165) is 29.4 Å². The molecule has 0 amide bonds. The molecule has 0 aliphatic heterocycles. The number of carboxylic acid groups (broad SMARTS) is 1. The Labute approximate surface area is 122 Å². The maximum Gasteiger partial charge on any atom is 0.329 e. The van der Waals surface area contributed by atoms with Crippen LogP contribution in [-0.4, -0.2) is 16.6 Å². The third-order valence-corrected chi connectivity index (χ3v) is 4.85. The molecule has 0 saturated heterocycles. The van der Waals surface area contributed by atoms with Gasteiger partial charge in [-0.05, 0) is 42.5 Å². The van der Waals surface area contributed by atoms with Crippen LogP contribution < -0.4 is 5.32 Å². The maximum absolute atomic E-state index is 11.9. The molecule has 0 aromatic heterocycles. The van der Waals surface area contributed by atoms with Crippen molar-refractivity contribution in [3.05, 3.63) is 28.7 Å².